The summed E-state index contributed by atoms with van der Waals surface area (Å²) in [5.41, 5.74) is -0.666. The molecule has 0 atom stereocenters. The van der Waals surface area contributed by atoms with Gasteiger partial charge in [-0.05, 0) is 12.1 Å². The minimum Gasteiger partial charge on any atom is -0.354 e. The fourth-order valence-corrected chi connectivity index (χ4v) is 2.04. The van der Waals surface area contributed by atoms with Gasteiger partial charge in [-0.2, -0.15) is 0 Å². The van der Waals surface area contributed by atoms with Gasteiger partial charge in [-0.25, -0.2) is 4.39 Å². The normalized spacial score (nSPS) is 14.4. The maximum atomic E-state index is 13.6. The van der Waals surface area contributed by atoms with E-state index in [1.807, 2.05) is 0 Å². The lowest BCUT2D eigenvalue weighted by atomic mass is 9.96. The van der Waals surface area contributed by atoms with Crippen molar-refractivity contribution in [1.29, 1.82) is 0 Å². The van der Waals surface area contributed by atoms with E-state index in [4.69, 9.17) is 0 Å². The highest BCUT2D eigenvalue weighted by atomic mass is 19.1. The summed E-state index contributed by atoms with van der Waals surface area (Å²) < 4.78 is 13.6. The Morgan fingerprint density at radius 2 is 1.90 bits per heavy atom. The molecule has 5 nitrogen and oxygen atoms in total. The number of nitrogens with zero attached hydrogens (tertiary/aromatic N) is 1. The highest BCUT2D eigenvalue weighted by molar-refractivity contribution is 6.21. The molecule has 3 amide bonds. The Balaban J connectivity index is 2.05. The summed E-state index contributed by atoms with van der Waals surface area (Å²) in [5, 5.41) is 2.65. The topological polar surface area (TPSA) is 66.5 Å². The smallest absolute Gasteiger partial charge is 0.264 e. The van der Waals surface area contributed by atoms with E-state index in [9.17, 15) is 18.8 Å². The summed E-state index contributed by atoms with van der Waals surface area (Å²) in [6.45, 7) is 5.45. The molecule has 21 heavy (non-hydrogen) atoms. The lowest BCUT2D eigenvalue weighted by molar-refractivity contribution is -0.128. The van der Waals surface area contributed by atoms with Gasteiger partial charge in [-0.15, -0.1) is 0 Å². The quantitative estimate of drug-likeness (QED) is 0.860. The predicted molar refractivity (Wildman–Crippen MR) is 74.2 cm³/mol. The summed E-state index contributed by atoms with van der Waals surface area (Å²) in [7, 11) is 0. The molecular weight excluding hydrogens is 275 g/mol. The van der Waals surface area contributed by atoms with Gasteiger partial charge in [0.2, 0.25) is 5.91 Å². The Bertz CT molecular complexity index is 620. The van der Waals surface area contributed by atoms with E-state index in [0.29, 0.717) is 0 Å². The number of fused-ring (bicyclic) bond motifs is 1. The number of benzene rings is 1. The molecule has 0 bridgehead atoms. The van der Waals surface area contributed by atoms with Gasteiger partial charge in [0.15, 0.2) is 0 Å². The Kier molecular flexibility index (Phi) is 3.80. The molecule has 0 aromatic heterocycles. The van der Waals surface area contributed by atoms with Crippen molar-refractivity contribution in [2.75, 3.05) is 13.1 Å². The van der Waals surface area contributed by atoms with Gasteiger partial charge < -0.3 is 5.32 Å². The third-order valence-corrected chi connectivity index (χ3v) is 3.25. The van der Waals surface area contributed by atoms with Crippen molar-refractivity contribution >= 4 is 17.7 Å². The standard InChI is InChI=1S/C15H17FN2O3/c1-15(2,3)14(21)17-7-8-18-12(19)9-5-4-6-10(16)11(9)13(18)20/h4-6H,7-8H2,1-3H3,(H,17,21). The van der Waals surface area contributed by atoms with Gasteiger partial charge in [0.25, 0.3) is 11.8 Å². The van der Waals surface area contributed by atoms with Gasteiger partial charge in [0.05, 0.1) is 11.1 Å². The van der Waals surface area contributed by atoms with E-state index >= 15 is 0 Å². The van der Waals surface area contributed by atoms with Crippen molar-refractivity contribution in [3.8, 4) is 0 Å². The van der Waals surface area contributed by atoms with Crippen molar-refractivity contribution in [3.63, 3.8) is 0 Å². The zero-order chi connectivity index (χ0) is 15.8. The first-order chi connectivity index (χ1) is 9.73. The zero-order valence-corrected chi connectivity index (χ0v) is 12.2. The van der Waals surface area contributed by atoms with Crippen molar-refractivity contribution in [2.24, 2.45) is 5.41 Å². The monoisotopic (exact) mass is 292 g/mol. The fraction of sp³-hybridized carbons (Fsp3) is 0.400. The van der Waals surface area contributed by atoms with Crippen molar-refractivity contribution in [2.45, 2.75) is 20.8 Å². The minimum atomic E-state index is -0.702. The van der Waals surface area contributed by atoms with E-state index in [1.165, 1.54) is 12.1 Å². The van der Waals surface area contributed by atoms with Gasteiger partial charge in [-0.1, -0.05) is 26.8 Å². The molecule has 1 aliphatic heterocycles. The molecule has 0 unspecified atom stereocenters. The largest absolute Gasteiger partial charge is 0.354 e. The molecule has 1 aliphatic rings. The molecule has 0 saturated heterocycles. The molecule has 1 N–H and O–H groups in total. The zero-order valence-electron chi connectivity index (χ0n) is 12.2. The van der Waals surface area contributed by atoms with Crippen molar-refractivity contribution in [3.05, 3.63) is 35.1 Å². The number of amides is 3. The highest BCUT2D eigenvalue weighted by Crippen LogP contribution is 2.24. The van der Waals surface area contributed by atoms with Crippen LogP contribution in [0.25, 0.3) is 0 Å². The fourth-order valence-electron chi connectivity index (χ4n) is 2.04. The van der Waals surface area contributed by atoms with Gasteiger partial charge >= 0.3 is 0 Å². The lowest BCUT2D eigenvalue weighted by Gasteiger charge is -2.19. The molecule has 6 heteroatoms. The molecule has 112 valence electrons. The number of carbonyl (C=O) groups excluding carboxylic acids is 3. The maximum Gasteiger partial charge on any atom is 0.264 e. The Morgan fingerprint density at radius 3 is 2.48 bits per heavy atom. The first-order valence-corrected chi connectivity index (χ1v) is 6.66. The van der Waals surface area contributed by atoms with E-state index < -0.39 is 23.0 Å². The second kappa shape index (κ2) is 5.27. The summed E-state index contributed by atoms with van der Waals surface area (Å²) in [4.78, 5) is 36.8. The number of carbonyl (C=O) groups is 3. The van der Waals surface area contributed by atoms with Gasteiger partial charge in [0.1, 0.15) is 5.82 Å². The average Bonchev–Trinajstić information content (AvgIpc) is 2.63. The van der Waals surface area contributed by atoms with E-state index in [-0.39, 0.29) is 30.1 Å². The molecule has 1 aromatic carbocycles. The first-order valence-electron chi connectivity index (χ1n) is 6.66. The van der Waals surface area contributed by atoms with E-state index in [1.54, 1.807) is 20.8 Å². The molecule has 0 radical (unpaired) electrons. The number of nitrogens with one attached hydrogen (secondary N) is 1. The van der Waals surface area contributed by atoms with Crippen LogP contribution < -0.4 is 5.32 Å². The first kappa shape index (κ1) is 15.2. The second-order valence-electron chi connectivity index (χ2n) is 5.93. The Labute approximate surface area is 122 Å². The Morgan fingerprint density at radius 1 is 1.24 bits per heavy atom. The number of halogens is 1. The summed E-state index contributed by atoms with van der Waals surface area (Å²) in [6.07, 6.45) is 0. The highest BCUT2D eigenvalue weighted by Gasteiger charge is 2.37. The predicted octanol–water partition coefficient (Wildman–Crippen LogP) is 1.58. The number of hydrogen-bond acceptors (Lipinski definition) is 3. The van der Waals surface area contributed by atoms with Crippen LogP contribution in [0.5, 0.6) is 0 Å². The van der Waals surface area contributed by atoms with E-state index in [2.05, 4.69) is 5.32 Å². The molecule has 0 spiro atoms. The number of imide groups is 1. The molecule has 0 saturated carbocycles. The third-order valence-electron chi connectivity index (χ3n) is 3.25. The van der Waals surface area contributed by atoms with Gasteiger partial charge in [0, 0.05) is 18.5 Å². The molecule has 1 heterocycles. The maximum absolute atomic E-state index is 13.6. The Hall–Kier alpha value is -2.24. The van der Waals surface area contributed by atoms with Crippen LogP contribution in [0.2, 0.25) is 0 Å². The molecule has 0 aliphatic carbocycles. The molecule has 0 fully saturated rings. The van der Waals surface area contributed by atoms with Crippen LogP contribution >= 0.6 is 0 Å². The number of rotatable bonds is 3. The van der Waals surface area contributed by atoms with Gasteiger partial charge in [-0.3, -0.25) is 19.3 Å². The van der Waals surface area contributed by atoms with Crippen LogP contribution in [0.3, 0.4) is 0 Å². The van der Waals surface area contributed by atoms with Crippen LogP contribution in [0, 0.1) is 11.2 Å². The molecular formula is C15H17FN2O3. The van der Waals surface area contributed by atoms with Crippen LogP contribution in [0.15, 0.2) is 18.2 Å². The minimum absolute atomic E-state index is 0.0214. The summed E-state index contributed by atoms with van der Waals surface area (Å²) in [5.74, 6) is -2.06. The van der Waals surface area contributed by atoms with Crippen molar-refractivity contribution < 1.29 is 18.8 Å². The van der Waals surface area contributed by atoms with E-state index in [0.717, 1.165) is 11.0 Å². The molecule has 2 rings (SSSR count). The second-order valence-corrected chi connectivity index (χ2v) is 5.93. The van der Waals surface area contributed by atoms with Crippen LogP contribution in [-0.2, 0) is 4.79 Å². The summed E-state index contributed by atoms with van der Waals surface area (Å²) in [6, 6.07) is 3.96. The lowest BCUT2D eigenvalue weighted by Crippen LogP contribution is -2.41. The summed E-state index contributed by atoms with van der Waals surface area (Å²) >= 11 is 0. The molecule has 1 aromatic rings. The van der Waals surface area contributed by atoms with Crippen LogP contribution in [0.1, 0.15) is 41.5 Å². The van der Waals surface area contributed by atoms with Crippen LogP contribution in [0.4, 0.5) is 4.39 Å². The SMILES string of the molecule is CC(C)(C)C(=O)NCCN1C(=O)c2cccc(F)c2C1=O. The average molecular weight is 292 g/mol. The van der Waals surface area contributed by atoms with Crippen LogP contribution in [-0.4, -0.2) is 35.7 Å². The third kappa shape index (κ3) is 2.79. The number of hydrogen-bond donors (Lipinski definition) is 1. The van der Waals surface area contributed by atoms with Crippen molar-refractivity contribution in [1.82, 2.24) is 10.2 Å².